The summed E-state index contributed by atoms with van der Waals surface area (Å²) in [5.74, 6) is -0.741. The molecule has 2 aliphatic rings. The van der Waals surface area contributed by atoms with Gasteiger partial charge in [0.2, 0.25) is 0 Å². The van der Waals surface area contributed by atoms with Crippen molar-refractivity contribution in [3.63, 3.8) is 0 Å². The number of benzene rings is 2. The van der Waals surface area contributed by atoms with E-state index in [2.05, 4.69) is 32.9 Å². The van der Waals surface area contributed by atoms with E-state index in [0.29, 0.717) is 5.69 Å². The first kappa shape index (κ1) is 18.0. The summed E-state index contributed by atoms with van der Waals surface area (Å²) in [6, 6.07) is 15.2. The Balaban J connectivity index is 1.53. The average Bonchev–Trinajstić information content (AvgIpc) is 2.98. The fourth-order valence-corrected chi connectivity index (χ4v) is 3.46. The Hall–Kier alpha value is -2.39. The summed E-state index contributed by atoms with van der Waals surface area (Å²) >= 11 is 2.19. The minimum atomic E-state index is -0.393. The van der Waals surface area contributed by atoms with Crippen LogP contribution in [0.2, 0.25) is 0 Å². The molecule has 0 radical (unpaired) electrons. The first-order valence-electron chi connectivity index (χ1n) is 8.67. The number of ether oxygens (including phenoxy) is 1. The van der Waals surface area contributed by atoms with E-state index >= 15 is 0 Å². The minimum Gasteiger partial charge on any atom is -0.378 e. The van der Waals surface area contributed by atoms with Crippen LogP contribution in [0.15, 0.2) is 54.1 Å². The molecular formula is C20H18IN3O3. The molecule has 2 heterocycles. The van der Waals surface area contributed by atoms with Gasteiger partial charge in [-0.15, -0.1) is 0 Å². The van der Waals surface area contributed by atoms with Gasteiger partial charge in [-0.25, -0.2) is 5.01 Å². The molecule has 0 aromatic heterocycles. The minimum absolute atomic E-state index is 0.132. The van der Waals surface area contributed by atoms with Gasteiger partial charge in [0.1, 0.15) is 5.57 Å². The largest absolute Gasteiger partial charge is 0.378 e. The van der Waals surface area contributed by atoms with E-state index in [-0.39, 0.29) is 11.5 Å². The first-order chi connectivity index (χ1) is 13.1. The number of nitrogens with zero attached hydrogens (tertiary/aromatic N) is 2. The molecule has 4 rings (SSSR count). The van der Waals surface area contributed by atoms with Crippen molar-refractivity contribution in [2.24, 2.45) is 0 Å². The molecule has 0 atom stereocenters. The Morgan fingerprint density at radius 2 is 1.56 bits per heavy atom. The van der Waals surface area contributed by atoms with Crippen LogP contribution in [0.1, 0.15) is 5.56 Å². The van der Waals surface area contributed by atoms with Gasteiger partial charge in [-0.2, -0.15) is 0 Å². The Bertz CT molecular complexity index is 888. The first-order valence-corrected chi connectivity index (χ1v) is 9.75. The van der Waals surface area contributed by atoms with Crippen molar-refractivity contribution in [2.75, 3.05) is 36.2 Å². The molecule has 2 saturated heterocycles. The van der Waals surface area contributed by atoms with E-state index in [4.69, 9.17) is 4.74 Å². The van der Waals surface area contributed by atoms with Gasteiger partial charge in [-0.05, 0) is 70.6 Å². The zero-order chi connectivity index (χ0) is 18.8. The average molecular weight is 475 g/mol. The number of hydrogen-bond donors (Lipinski definition) is 1. The lowest BCUT2D eigenvalue weighted by atomic mass is 10.1. The molecule has 2 aliphatic heterocycles. The second-order valence-corrected chi connectivity index (χ2v) is 7.55. The predicted molar refractivity (Wildman–Crippen MR) is 112 cm³/mol. The summed E-state index contributed by atoms with van der Waals surface area (Å²) in [6.07, 6.45) is 1.63. The number of carbonyl (C=O) groups is 2. The standard InChI is InChI=1S/C20H18IN3O3/c21-15-3-7-17(8-4-15)24-20(26)18(19(25)22-24)13-14-1-5-16(6-2-14)23-9-11-27-12-10-23/h1-8,13H,9-12H2,(H,22,25)/b18-13+. The molecule has 2 fully saturated rings. The van der Waals surface area contributed by atoms with Crippen molar-refractivity contribution < 1.29 is 14.3 Å². The fourth-order valence-electron chi connectivity index (χ4n) is 3.10. The van der Waals surface area contributed by atoms with E-state index in [1.165, 1.54) is 5.01 Å². The van der Waals surface area contributed by atoms with E-state index in [0.717, 1.165) is 41.1 Å². The lowest BCUT2D eigenvalue weighted by Gasteiger charge is -2.28. The third kappa shape index (κ3) is 3.84. The highest BCUT2D eigenvalue weighted by Crippen LogP contribution is 2.23. The number of carbonyl (C=O) groups excluding carboxylic acids is 2. The van der Waals surface area contributed by atoms with Crippen molar-refractivity contribution in [1.29, 1.82) is 0 Å². The highest BCUT2D eigenvalue weighted by molar-refractivity contribution is 14.1. The van der Waals surface area contributed by atoms with Crippen LogP contribution in [0.4, 0.5) is 11.4 Å². The highest BCUT2D eigenvalue weighted by atomic mass is 127. The van der Waals surface area contributed by atoms with Gasteiger partial charge < -0.3 is 9.64 Å². The predicted octanol–water partition coefficient (Wildman–Crippen LogP) is 2.59. The maximum atomic E-state index is 12.7. The van der Waals surface area contributed by atoms with Gasteiger partial charge >= 0.3 is 0 Å². The van der Waals surface area contributed by atoms with Crippen LogP contribution in [0.25, 0.3) is 6.08 Å². The van der Waals surface area contributed by atoms with E-state index in [1.807, 2.05) is 36.4 Å². The Labute approximate surface area is 170 Å². The molecular weight excluding hydrogens is 457 g/mol. The molecule has 138 valence electrons. The molecule has 6 nitrogen and oxygen atoms in total. The van der Waals surface area contributed by atoms with E-state index in [1.54, 1.807) is 18.2 Å². The Kier molecular flexibility index (Phi) is 5.13. The van der Waals surface area contributed by atoms with Gasteiger partial charge in [-0.3, -0.25) is 15.0 Å². The molecule has 1 N–H and O–H groups in total. The molecule has 0 aliphatic carbocycles. The van der Waals surface area contributed by atoms with Crippen LogP contribution >= 0.6 is 22.6 Å². The number of anilines is 2. The van der Waals surface area contributed by atoms with E-state index < -0.39 is 5.91 Å². The van der Waals surface area contributed by atoms with Crippen LogP contribution in [0.3, 0.4) is 0 Å². The third-order valence-corrected chi connectivity index (χ3v) is 5.28. The molecule has 2 aromatic carbocycles. The molecule has 0 unspecified atom stereocenters. The number of amides is 2. The molecule has 0 saturated carbocycles. The number of hydrogen-bond acceptors (Lipinski definition) is 4. The van der Waals surface area contributed by atoms with Crippen molar-refractivity contribution in [1.82, 2.24) is 5.43 Å². The van der Waals surface area contributed by atoms with Crippen molar-refractivity contribution >= 4 is 51.9 Å². The van der Waals surface area contributed by atoms with Crippen molar-refractivity contribution in [3.8, 4) is 0 Å². The van der Waals surface area contributed by atoms with Crippen LogP contribution in [-0.4, -0.2) is 38.1 Å². The number of morpholine rings is 1. The zero-order valence-corrected chi connectivity index (χ0v) is 16.7. The smallest absolute Gasteiger partial charge is 0.282 e. The summed E-state index contributed by atoms with van der Waals surface area (Å²) in [7, 11) is 0. The molecule has 27 heavy (non-hydrogen) atoms. The quantitative estimate of drug-likeness (QED) is 0.422. The zero-order valence-electron chi connectivity index (χ0n) is 14.5. The number of rotatable bonds is 3. The maximum Gasteiger partial charge on any atom is 0.282 e. The maximum absolute atomic E-state index is 12.7. The molecule has 0 bridgehead atoms. The van der Waals surface area contributed by atoms with Crippen molar-refractivity contribution in [2.45, 2.75) is 0 Å². The van der Waals surface area contributed by atoms with Gasteiger partial charge in [0.05, 0.1) is 18.9 Å². The fraction of sp³-hybridized carbons (Fsp3) is 0.200. The lowest BCUT2D eigenvalue weighted by molar-refractivity contribution is -0.117. The van der Waals surface area contributed by atoms with Gasteiger partial charge in [0.25, 0.3) is 11.8 Å². The number of nitrogens with one attached hydrogen (secondary N) is 1. The SMILES string of the molecule is O=C1NN(c2ccc(I)cc2)C(=O)/C1=C/c1ccc(N2CCOCC2)cc1. The van der Waals surface area contributed by atoms with Gasteiger partial charge in [0, 0.05) is 22.3 Å². The summed E-state index contributed by atoms with van der Waals surface area (Å²) in [5, 5.41) is 1.28. The Morgan fingerprint density at radius 1 is 0.926 bits per heavy atom. The summed E-state index contributed by atoms with van der Waals surface area (Å²) < 4.78 is 6.43. The number of hydrazine groups is 1. The summed E-state index contributed by atoms with van der Waals surface area (Å²) in [4.78, 5) is 27.2. The molecule has 7 heteroatoms. The van der Waals surface area contributed by atoms with Crippen LogP contribution in [0, 0.1) is 3.57 Å². The van der Waals surface area contributed by atoms with Crippen LogP contribution < -0.4 is 15.3 Å². The molecule has 2 aromatic rings. The van der Waals surface area contributed by atoms with Gasteiger partial charge in [0.15, 0.2) is 0 Å². The Morgan fingerprint density at radius 3 is 2.22 bits per heavy atom. The second kappa shape index (κ2) is 7.69. The number of halogens is 1. The van der Waals surface area contributed by atoms with Crippen LogP contribution in [0.5, 0.6) is 0 Å². The normalized spacial score (nSPS) is 18.9. The topological polar surface area (TPSA) is 61.9 Å². The summed E-state index contributed by atoms with van der Waals surface area (Å²) in [5.41, 5.74) is 5.32. The molecule has 0 spiro atoms. The molecule has 2 amide bonds. The highest BCUT2D eigenvalue weighted by Gasteiger charge is 2.34. The summed E-state index contributed by atoms with van der Waals surface area (Å²) in [6.45, 7) is 3.20. The third-order valence-electron chi connectivity index (χ3n) is 4.56. The van der Waals surface area contributed by atoms with Crippen molar-refractivity contribution in [3.05, 3.63) is 63.2 Å². The monoisotopic (exact) mass is 475 g/mol. The lowest BCUT2D eigenvalue weighted by Crippen LogP contribution is -2.36. The van der Waals surface area contributed by atoms with Gasteiger partial charge in [-0.1, -0.05) is 12.1 Å². The van der Waals surface area contributed by atoms with E-state index in [9.17, 15) is 9.59 Å². The van der Waals surface area contributed by atoms with Crippen LogP contribution in [-0.2, 0) is 14.3 Å². The second-order valence-electron chi connectivity index (χ2n) is 6.31.